The second kappa shape index (κ2) is 7.82. The second-order valence-corrected chi connectivity index (χ2v) is 7.36. The molecule has 2 aromatic carbocycles. The third-order valence-electron chi connectivity index (χ3n) is 4.70. The van der Waals surface area contributed by atoms with Crippen LogP contribution in [-0.4, -0.2) is 17.9 Å². The van der Waals surface area contributed by atoms with Gasteiger partial charge in [0.15, 0.2) is 0 Å². The molecule has 0 heterocycles. The Hall–Kier alpha value is -2.82. The van der Waals surface area contributed by atoms with Gasteiger partial charge in [-0.05, 0) is 57.4 Å². The molecule has 0 aromatic heterocycles. The smallest absolute Gasteiger partial charge is 0.228 e. The van der Waals surface area contributed by atoms with Gasteiger partial charge in [0, 0.05) is 5.69 Å². The molecule has 2 N–H and O–H groups in total. The summed E-state index contributed by atoms with van der Waals surface area (Å²) in [6.45, 7) is 7.80. The molecule has 0 saturated heterocycles. The van der Waals surface area contributed by atoms with Crippen LogP contribution in [-0.2, 0) is 9.59 Å². The predicted molar refractivity (Wildman–Crippen MR) is 107 cm³/mol. The molecule has 1 fully saturated rings. The number of hydrogen-bond acceptors (Lipinski definition) is 3. The molecule has 3 rings (SSSR count). The van der Waals surface area contributed by atoms with E-state index >= 15 is 0 Å². The molecule has 2 atom stereocenters. The largest absolute Gasteiger partial charge is 0.489 e. The summed E-state index contributed by atoms with van der Waals surface area (Å²) in [6, 6.07) is 13.2. The summed E-state index contributed by atoms with van der Waals surface area (Å²) in [5.41, 5.74) is 3.51. The van der Waals surface area contributed by atoms with E-state index < -0.39 is 0 Å². The van der Waals surface area contributed by atoms with E-state index in [1.807, 2.05) is 70.2 Å². The first kappa shape index (κ1) is 19.0. The van der Waals surface area contributed by atoms with Gasteiger partial charge in [-0.1, -0.05) is 30.3 Å². The fourth-order valence-electron chi connectivity index (χ4n) is 3.15. The van der Waals surface area contributed by atoms with E-state index in [1.54, 1.807) is 0 Å². The fraction of sp³-hybridized carbons (Fsp3) is 0.364. The van der Waals surface area contributed by atoms with Crippen molar-refractivity contribution in [3.05, 3.63) is 53.6 Å². The molecule has 2 aromatic rings. The molecular formula is C22H26N2O3. The zero-order valence-electron chi connectivity index (χ0n) is 16.2. The van der Waals surface area contributed by atoms with E-state index in [-0.39, 0.29) is 29.8 Å². The van der Waals surface area contributed by atoms with E-state index in [4.69, 9.17) is 4.74 Å². The van der Waals surface area contributed by atoms with Crippen molar-refractivity contribution in [2.24, 2.45) is 11.8 Å². The summed E-state index contributed by atoms with van der Waals surface area (Å²) in [5.74, 6) is -0.197. The number of carbonyl (C=O) groups excluding carboxylic acids is 2. The van der Waals surface area contributed by atoms with E-state index in [0.29, 0.717) is 17.9 Å². The number of amides is 2. The molecule has 0 aliphatic heterocycles. The Balaban J connectivity index is 1.62. The summed E-state index contributed by atoms with van der Waals surface area (Å²) in [6.07, 6.45) is 0.579. The first-order valence-electron chi connectivity index (χ1n) is 9.30. The number of aryl methyl sites for hydroxylation is 2. The summed E-state index contributed by atoms with van der Waals surface area (Å²) in [4.78, 5) is 25.1. The van der Waals surface area contributed by atoms with Gasteiger partial charge in [-0.25, -0.2) is 0 Å². The summed E-state index contributed by atoms with van der Waals surface area (Å²) >= 11 is 0. The monoisotopic (exact) mass is 366 g/mol. The lowest BCUT2D eigenvalue weighted by Gasteiger charge is -2.15. The second-order valence-electron chi connectivity index (χ2n) is 7.36. The Labute approximate surface area is 160 Å². The highest BCUT2D eigenvalue weighted by Crippen LogP contribution is 2.41. The van der Waals surface area contributed by atoms with Crippen LogP contribution in [0.3, 0.4) is 0 Å². The number of rotatable bonds is 6. The highest BCUT2D eigenvalue weighted by molar-refractivity contribution is 6.04. The van der Waals surface area contributed by atoms with Crippen molar-refractivity contribution in [3.63, 3.8) is 0 Å². The minimum atomic E-state index is -0.304. The zero-order valence-corrected chi connectivity index (χ0v) is 16.2. The topological polar surface area (TPSA) is 67.4 Å². The maximum absolute atomic E-state index is 12.6. The van der Waals surface area contributed by atoms with E-state index in [9.17, 15) is 9.59 Å². The molecular weight excluding hydrogens is 340 g/mol. The Morgan fingerprint density at radius 1 is 0.926 bits per heavy atom. The summed E-state index contributed by atoms with van der Waals surface area (Å²) in [5, 5.41) is 5.89. The average Bonchev–Trinajstić information content (AvgIpc) is 3.40. The Morgan fingerprint density at radius 2 is 1.52 bits per heavy atom. The van der Waals surface area contributed by atoms with Gasteiger partial charge in [-0.15, -0.1) is 0 Å². The number of nitrogens with one attached hydrogen (secondary N) is 2. The van der Waals surface area contributed by atoms with Crippen molar-refractivity contribution in [2.75, 3.05) is 10.6 Å². The number of ether oxygens (including phenoxy) is 1. The van der Waals surface area contributed by atoms with Crippen molar-refractivity contribution in [1.82, 2.24) is 0 Å². The van der Waals surface area contributed by atoms with Crippen molar-refractivity contribution in [3.8, 4) is 5.75 Å². The molecule has 0 radical (unpaired) electrons. The van der Waals surface area contributed by atoms with Gasteiger partial charge >= 0.3 is 0 Å². The van der Waals surface area contributed by atoms with Gasteiger partial charge in [-0.3, -0.25) is 9.59 Å². The normalized spacial score (nSPS) is 18.1. The molecule has 1 saturated carbocycles. The average molecular weight is 366 g/mol. The van der Waals surface area contributed by atoms with Crippen LogP contribution in [0, 0.1) is 25.7 Å². The van der Waals surface area contributed by atoms with Crippen LogP contribution in [0.2, 0.25) is 0 Å². The van der Waals surface area contributed by atoms with Gasteiger partial charge < -0.3 is 15.4 Å². The Kier molecular flexibility index (Phi) is 5.49. The molecule has 2 amide bonds. The maximum Gasteiger partial charge on any atom is 0.228 e. The zero-order chi connectivity index (χ0) is 19.6. The van der Waals surface area contributed by atoms with Crippen LogP contribution < -0.4 is 15.4 Å². The molecule has 5 nitrogen and oxygen atoms in total. The standard InChI is InChI=1S/C22H26N2O3/c1-13(2)27-19-11-6-5-10-18(19)23-21(25)16-12-17(16)22(26)24-20-14(3)8-7-9-15(20)4/h5-11,13,16-17H,12H2,1-4H3,(H,23,25)(H,24,26). The number of hydrogen-bond donors (Lipinski definition) is 2. The lowest BCUT2D eigenvalue weighted by molar-refractivity contribution is -0.122. The van der Waals surface area contributed by atoms with E-state index in [1.165, 1.54) is 0 Å². The highest BCUT2D eigenvalue weighted by atomic mass is 16.5. The third kappa shape index (κ3) is 4.48. The molecule has 0 spiro atoms. The van der Waals surface area contributed by atoms with Crippen LogP contribution >= 0.6 is 0 Å². The van der Waals surface area contributed by atoms with Crippen molar-refractivity contribution < 1.29 is 14.3 Å². The first-order valence-corrected chi connectivity index (χ1v) is 9.30. The predicted octanol–water partition coefficient (Wildman–Crippen LogP) is 4.30. The van der Waals surface area contributed by atoms with Crippen LogP contribution in [0.4, 0.5) is 11.4 Å². The summed E-state index contributed by atoms with van der Waals surface area (Å²) < 4.78 is 5.73. The molecule has 0 bridgehead atoms. The lowest BCUT2D eigenvalue weighted by Crippen LogP contribution is -2.21. The third-order valence-corrected chi connectivity index (χ3v) is 4.70. The Morgan fingerprint density at radius 3 is 2.15 bits per heavy atom. The van der Waals surface area contributed by atoms with Crippen LogP contribution in [0.1, 0.15) is 31.4 Å². The highest BCUT2D eigenvalue weighted by Gasteiger charge is 2.48. The molecule has 1 aliphatic carbocycles. The van der Waals surface area contributed by atoms with Gasteiger partial charge in [-0.2, -0.15) is 0 Å². The van der Waals surface area contributed by atoms with Crippen molar-refractivity contribution in [1.29, 1.82) is 0 Å². The number of anilines is 2. The number of benzene rings is 2. The van der Waals surface area contributed by atoms with Crippen LogP contribution in [0.25, 0.3) is 0 Å². The molecule has 2 unspecified atom stereocenters. The molecule has 27 heavy (non-hydrogen) atoms. The van der Waals surface area contributed by atoms with Crippen LogP contribution in [0.15, 0.2) is 42.5 Å². The fourth-order valence-corrected chi connectivity index (χ4v) is 3.15. The maximum atomic E-state index is 12.6. The first-order chi connectivity index (χ1) is 12.9. The minimum absolute atomic E-state index is 0.0138. The van der Waals surface area contributed by atoms with Gasteiger partial charge in [0.1, 0.15) is 5.75 Å². The SMILES string of the molecule is Cc1cccc(C)c1NC(=O)C1CC1C(=O)Nc1ccccc1OC(C)C. The molecule has 1 aliphatic rings. The van der Waals surface area contributed by atoms with Crippen molar-refractivity contribution >= 4 is 23.2 Å². The minimum Gasteiger partial charge on any atom is -0.489 e. The quantitative estimate of drug-likeness (QED) is 0.801. The van der Waals surface area contributed by atoms with Crippen LogP contribution in [0.5, 0.6) is 5.75 Å². The molecule has 142 valence electrons. The van der Waals surface area contributed by atoms with Gasteiger partial charge in [0.2, 0.25) is 11.8 Å². The van der Waals surface area contributed by atoms with Gasteiger partial charge in [0.05, 0.1) is 23.6 Å². The molecule has 5 heteroatoms. The lowest BCUT2D eigenvalue weighted by atomic mass is 10.1. The van der Waals surface area contributed by atoms with E-state index in [0.717, 1.165) is 16.8 Å². The number of para-hydroxylation sites is 3. The number of carbonyl (C=O) groups is 2. The van der Waals surface area contributed by atoms with Gasteiger partial charge in [0.25, 0.3) is 0 Å². The summed E-state index contributed by atoms with van der Waals surface area (Å²) in [7, 11) is 0. The van der Waals surface area contributed by atoms with E-state index in [2.05, 4.69) is 10.6 Å². The van der Waals surface area contributed by atoms with Crippen molar-refractivity contribution in [2.45, 2.75) is 40.2 Å². The Bertz CT molecular complexity index is 840.